The molecule has 5 heteroatoms. The molecule has 3 rings (SSSR count). The lowest BCUT2D eigenvalue weighted by Crippen LogP contribution is -1.99. The maximum Gasteiger partial charge on any atom is 0.142 e. The van der Waals surface area contributed by atoms with Crippen molar-refractivity contribution < 1.29 is 0 Å². The molecule has 106 valence electrons. The second kappa shape index (κ2) is 5.43. The fourth-order valence-electron chi connectivity index (χ4n) is 2.26. The van der Waals surface area contributed by atoms with E-state index in [0.29, 0.717) is 27.1 Å². The SMILES string of the molecule is Cn1c(-c2ccccc2)nc(-c2c(Cl)cccc2Cl)c1N. The summed E-state index contributed by atoms with van der Waals surface area (Å²) >= 11 is 12.5. The van der Waals surface area contributed by atoms with E-state index >= 15 is 0 Å². The summed E-state index contributed by atoms with van der Waals surface area (Å²) in [5.74, 6) is 1.31. The van der Waals surface area contributed by atoms with Crippen LogP contribution in [0.4, 0.5) is 5.82 Å². The van der Waals surface area contributed by atoms with Crippen molar-refractivity contribution in [2.45, 2.75) is 0 Å². The third kappa shape index (κ3) is 2.39. The third-order valence-corrected chi connectivity index (χ3v) is 4.00. The quantitative estimate of drug-likeness (QED) is 0.748. The molecule has 0 bridgehead atoms. The Labute approximate surface area is 132 Å². The molecule has 0 radical (unpaired) electrons. The largest absolute Gasteiger partial charge is 0.383 e. The molecule has 0 saturated heterocycles. The normalized spacial score (nSPS) is 10.8. The Morgan fingerprint density at radius 1 is 0.952 bits per heavy atom. The molecule has 1 heterocycles. The molecule has 3 nitrogen and oxygen atoms in total. The number of anilines is 1. The molecular weight excluding hydrogens is 305 g/mol. The first-order chi connectivity index (χ1) is 10.1. The fourth-order valence-corrected chi connectivity index (χ4v) is 2.84. The van der Waals surface area contributed by atoms with Crippen LogP contribution in [0.25, 0.3) is 22.6 Å². The van der Waals surface area contributed by atoms with Crippen LogP contribution in [0, 0.1) is 0 Å². The number of nitrogen functional groups attached to an aromatic ring is 1. The highest BCUT2D eigenvalue weighted by atomic mass is 35.5. The minimum Gasteiger partial charge on any atom is -0.383 e. The van der Waals surface area contributed by atoms with E-state index in [-0.39, 0.29) is 0 Å². The van der Waals surface area contributed by atoms with E-state index in [1.54, 1.807) is 18.2 Å². The van der Waals surface area contributed by atoms with E-state index < -0.39 is 0 Å². The van der Waals surface area contributed by atoms with E-state index in [1.165, 1.54) is 0 Å². The maximum absolute atomic E-state index is 6.25. The second-order valence-electron chi connectivity index (χ2n) is 4.69. The first-order valence-electron chi connectivity index (χ1n) is 6.41. The highest BCUT2D eigenvalue weighted by Gasteiger charge is 2.19. The van der Waals surface area contributed by atoms with Gasteiger partial charge in [-0.3, -0.25) is 0 Å². The Hall–Kier alpha value is -1.97. The molecule has 0 amide bonds. The fraction of sp³-hybridized carbons (Fsp3) is 0.0625. The Morgan fingerprint density at radius 2 is 1.57 bits per heavy atom. The van der Waals surface area contributed by atoms with Crippen LogP contribution in [0.3, 0.4) is 0 Å². The van der Waals surface area contributed by atoms with Crippen molar-refractivity contribution in [2.24, 2.45) is 7.05 Å². The molecule has 2 N–H and O–H groups in total. The molecule has 2 aromatic carbocycles. The number of hydrogen-bond donors (Lipinski definition) is 1. The van der Waals surface area contributed by atoms with Crippen molar-refractivity contribution in [3.63, 3.8) is 0 Å². The number of benzene rings is 2. The van der Waals surface area contributed by atoms with Crippen LogP contribution in [0.1, 0.15) is 0 Å². The van der Waals surface area contributed by atoms with Gasteiger partial charge in [0.25, 0.3) is 0 Å². The minimum atomic E-state index is 0.531. The summed E-state index contributed by atoms with van der Waals surface area (Å²) in [6, 6.07) is 15.2. The summed E-state index contributed by atoms with van der Waals surface area (Å²) < 4.78 is 1.84. The molecule has 0 saturated carbocycles. The number of aromatic nitrogens is 2. The molecule has 0 spiro atoms. The first kappa shape index (κ1) is 14.0. The van der Waals surface area contributed by atoms with Gasteiger partial charge in [0.05, 0.1) is 10.0 Å². The molecule has 21 heavy (non-hydrogen) atoms. The van der Waals surface area contributed by atoms with Gasteiger partial charge in [-0.15, -0.1) is 0 Å². The molecule has 0 aliphatic rings. The van der Waals surface area contributed by atoms with E-state index in [9.17, 15) is 0 Å². The van der Waals surface area contributed by atoms with Crippen molar-refractivity contribution in [1.82, 2.24) is 9.55 Å². The molecule has 0 aliphatic heterocycles. The maximum atomic E-state index is 6.25. The van der Waals surface area contributed by atoms with Gasteiger partial charge in [0.2, 0.25) is 0 Å². The van der Waals surface area contributed by atoms with Gasteiger partial charge in [-0.2, -0.15) is 0 Å². The van der Waals surface area contributed by atoms with Gasteiger partial charge in [-0.05, 0) is 12.1 Å². The zero-order chi connectivity index (χ0) is 15.0. The summed E-state index contributed by atoms with van der Waals surface area (Å²) in [6.45, 7) is 0. The number of rotatable bonds is 2. The minimum absolute atomic E-state index is 0.531. The number of imidazole rings is 1. The van der Waals surface area contributed by atoms with Crippen molar-refractivity contribution >= 4 is 29.0 Å². The number of hydrogen-bond acceptors (Lipinski definition) is 2. The molecule has 3 aromatic rings. The Bertz CT molecular complexity index is 775. The highest BCUT2D eigenvalue weighted by Crippen LogP contribution is 2.38. The standard InChI is InChI=1S/C16H13Cl2N3/c1-21-15(19)14(13-11(17)8-5-9-12(13)18)20-16(21)10-6-3-2-4-7-10/h2-9H,19H2,1H3. The van der Waals surface area contributed by atoms with Crippen molar-refractivity contribution in [3.8, 4) is 22.6 Å². The average molecular weight is 318 g/mol. The Morgan fingerprint density at radius 3 is 2.19 bits per heavy atom. The summed E-state index contributed by atoms with van der Waals surface area (Å²) in [5.41, 5.74) is 8.45. The van der Waals surface area contributed by atoms with Crippen LogP contribution in [-0.4, -0.2) is 9.55 Å². The predicted molar refractivity (Wildman–Crippen MR) is 88.5 cm³/mol. The second-order valence-corrected chi connectivity index (χ2v) is 5.51. The monoisotopic (exact) mass is 317 g/mol. The smallest absolute Gasteiger partial charge is 0.142 e. The van der Waals surface area contributed by atoms with Gasteiger partial charge < -0.3 is 10.3 Å². The number of nitrogens with zero attached hydrogens (tertiary/aromatic N) is 2. The molecule has 0 fully saturated rings. The molecular formula is C16H13Cl2N3. The van der Waals surface area contributed by atoms with Gasteiger partial charge in [0.15, 0.2) is 0 Å². The van der Waals surface area contributed by atoms with Gasteiger partial charge in [0.1, 0.15) is 17.3 Å². The van der Waals surface area contributed by atoms with Gasteiger partial charge >= 0.3 is 0 Å². The molecule has 0 atom stereocenters. The van der Waals surface area contributed by atoms with Gasteiger partial charge in [0, 0.05) is 18.2 Å². The van der Waals surface area contributed by atoms with Crippen molar-refractivity contribution in [2.75, 3.05) is 5.73 Å². The van der Waals surface area contributed by atoms with Gasteiger partial charge in [-0.1, -0.05) is 59.6 Å². The number of halogens is 2. The average Bonchev–Trinajstić information content (AvgIpc) is 2.77. The summed E-state index contributed by atoms with van der Waals surface area (Å²) in [6.07, 6.45) is 0. The molecule has 0 unspecified atom stereocenters. The third-order valence-electron chi connectivity index (χ3n) is 3.37. The van der Waals surface area contributed by atoms with Crippen LogP contribution in [0.5, 0.6) is 0 Å². The van der Waals surface area contributed by atoms with Crippen molar-refractivity contribution in [1.29, 1.82) is 0 Å². The summed E-state index contributed by atoms with van der Waals surface area (Å²) in [4.78, 5) is 4.64. The lowest BCUT2D eigenvalue weighted by atomic mass is 10.1. The van der Waals surface area contributed by atoms with Crippen molar-refractivity contribution in [3.05, 3.63) is 58.6 Å². The van der Waals surface area contributed by atoms with Crippen LogP contribution in [0.2, 0.25) is 10.0 Å². The number of nitrogens with two attached hydrogens (primary N) is 1. The van der Waals surface area contributed by atoms with Crippen LogP contribution in [-0.2, 0) is 7.05 Å². The van der Waals surface area contributed by atoms with E-state index in [1.807, 2.05) is 41.9 Å². The van der Waals surface area contributed by atoms with E-state index in [2.05, 4.69) is 4.98 Å². The topological polar surface area (TPSA) is 43.8 Å². The lowest BCUT2D eigenvalue weighted by Gasteiger charge is -2.05. The van der Waals surface area contributed by atoms with Crippen LogP contribution in [0.15, 0.2) is 48.5 Å². The van der Waals surface area contributed by atoms with Gasteiger partial charge in [-0.25, -0.2) is 4.98 Å². The zero-order valence-corrected chi connectivity index (χ0v) is 12.9. The van der Waals surface area contributed by atoms with Crippen LogP contribution < -0.4 is 5.73 Å². The predicted octanol–water partition coefficient (Wildman–Crippen LogP) is 4.64. The van der Waals surface area contributed by atoms with Crippen LogP contribution >= 0.6 is 23.2 Å². The first-order valence-corrected chi connectivity index (χ1v) is 7.17. The molecule has 1 aromatic heterocycles. The zero-order valence-electron chi connectivity index (χ0n) is 11.3. The van der Waals surface area contributed by atoms with E-state index in [0.717, 1.165) is 11.4 Å². The molecule has 0 aliphatic carbocycles. The summed E-state index contributed by atoms with van der Waals surface area (Å²) in [5, 5.41) is 1.07. The highest BCUT2D eigenvalue weighted by molar-refractivity contribution is 6.39. The lowest BCUT2D eigenvalue weighted by molar-refractivity contribution is 0.937. The summed E-state index contributed by atoms with van der Waals surface area (Å²) in [7, 11) is 1.87. The Kier molecular flexibility index (Phi) is 3.62. The Balaban J connectivity index is 2.23. The van der Waals surface area contributed by atoms with E-state index in [4.69, 9.17) is 28.9 Å².